The molecule has 0 spiro atoms. The molecule has 2 amide bonds. The highest BCUT2D eigenvalue weighted by Gasteiger charge is 2.56. The number of hydrogen-bond acceptors (Lipinski definition) is 9. The van der Waals surface area contributed by atoms with Gasteiger partial charge in [0.1, 0.15) is 6.29 Å². The van der Waals surface area contributed by atoms with Crippen molar-refractivity contribution in [3.05, 3.63) is 143 Å². The van der Waals surface area contributed by atoms with E-state index < -0.39 is 49.9 Å². The Kier molecular flexibility index (Phi) is 37.4. The number of aldehydes is 1. The summed E-state index contributed by atoms with van der Waals surface area (Å²) in [5.74, 6) is 5.05. The first kappa shape index (κ1) is 113. The summed E-state index contributed by atoms with van der Waals surface area (Å²) in [7, 11) is -4.46. The molecular weight excluding hydrogens is 1690 g/mol. The molecule has 17 heteroatoms. The van der Waals surface area contributed by atoms with Crippen molar-refractivity contribution in [2.75, 3.05) is 28.2 Å². The highest BCUT2D eigenvalue weighted by molar-refractivity contribution is 6.76. The lowest BCUT2D eigenvalue weighted by Crippen LogP contribution is -2.49. The largest absolute Gasteiger partial charge is 0.413 e. The number of fused-ring (bicyclic) bond motifs is 3. The van der Waals surface area contributed by atoms with Crippen LogP contribution < -0.4 is 0 Å². The van der Waals surface area contributed by atoms with Crippen LogP contribution in [0.5, 0.6) is 0 Å². The normalized spacial score (nSPS) is 32.0. The second-order valence-electron chi connectivity index (χ2n) is 52.4. The monoisotopic (exact) mass is 1880 g/mol. The molecule has 0 saturated heterocycles. The van der Waals surface area contributed by atoms with Gasteiger partial charge in [0.15, 0.2) is 49.9 Å². The Balaban J connectivity index is 0.000000265. The van der Waals surface area contributed by atoms with Crippen molar-refractivity contribution in [2.24, 2.45) is 69.5 Å². The van der Waals surface area contributed by atoms with Gasteiger partial charge in [-0.1, -0.05) is 257 Å². The van der Waals surface area contributed by atoms with Gasteiger partial charge in [-0.3, -0.25) is 14.4 Å². The highest BCUT2D eigenvalue weighted by Crippen LogP contribution is 2.63. The average Bonchev–Trinajstić information content (AvgIpc) is 1.62. The number of carbonyl (C=O) groups excluding carboxylic acids is 3. The maximum atomic E-state index is 12.2. The molecule has 9 aliphatic carbocycles. The van der Waals surface area contributed by atoms with Crippen LogP contribution in [0, 0.1) is 69.5 Å². The molecule has 9 rings (SSSR count). The lowest BCUT2D eigenvalue weighted by atomic mass is 9.61. The Labute approximate surface area is 800 Å². The van der Waals surface area contributed by atoms with E-state index in [0.717, 1.165) is 61.5 Å². The fourth-order valence-electron chi connectivity index (χ4n) is 22.1. The van der Waals surface area contributed by atoms with Crippen LogP contribution in [0.2, 0.25) is 109 Å². The van der Waals surface area contributed by atoms with Gasteiger partial charge in [-0.15, -0.1) is 0 Å². The van der Waals surface area contributed by atoms with Crippen LogP contribution in [-0.4, -0.2) is 143 Å². The summed E-state index contributed by atoms with van der Waals surface area (Å²) in [4.78, 5) is 38.8. The molecule has 0 bridgehead atoms. The standard InChI is InChI=1S/2C38H67NO3Si2.C36H62O3Si2/c2*1-27(18-23-35(40)39(10)11)32-21-22-33-29(17-16-24-38(32,33)9)19-20-30-25-31(41-43(12,13)36(3,4)5)26-34(28(30)2)42-44(14,15)37(6,7)8;1-26(16-15-23-37)31-20-21-32-28(17-14-22-36(31,32)9)18-19-29-24-30(38-40(10,11)34(3,4)5)25-33(27(29)2)39-41(12,13)35(6,7)8/h2*18-20,23,27,31-34H,2,16-17,21-22,24-26H2,1,3-15H3;15-16,18-19,23,26,30-33H,2,14,17,20-22,24-25H2,1,3-13H3/b23-18+,29-19+,30-20+;23-18+,29-19+,30-20-;16-15+,28-18+,29-19-/t2*27-,31-,32-,33+,34+,38-;26-,30-,31-,32+,33+,36-/m111/s1. The molecule has 18 atom stereocenters. The molecule has 9 saturated carbocycles. The van der Waals surface area contributed by atoms with E-state index in [4.69, 9.17) is 26.6 Å². The van der Waals surface area contributed by atoms with Crippen LogP contribution in [0.1, 0.15) is 301 Å². The smallest absolute Gasteiger partial charge is 0.245 e. The topological polar surface area (TPSA) is 113 Å². The van der Waals surface area contributed by atoms with Crippen molar-refractivity contribution in [3.8, 4) is 0 Å². The van der Waals surface area contributed by atoms with E-state index >= 15 is 0 Å². The zero-order chi connectivity index (χ0) is 98.0. The number of rotatable bonds is 24. The van der Waals surface area contributed by atoms with Crippen LogP contribution >= 0.6 is 0 Å². The molecule has 129 heavy (non-hydrogen) atoms. The number of allylic oxidation sites excluding steroid dienone is 13. The van der Waals surface area contributed by atoms with Crippen LogP contribution in [0.3, 0.4) is 0 Å². The zero-order valence-electron chi connectivity index (χ0n) is 90.7. The van der Waals surface area contributed by atoms with Crippen molar-refractivity contribution in [2.45, 2.75) is 446 Å². The minimum absolute atomic E-state index is 0.00838. The van der Waals surface area contributed by atoms with Gasteiger partial charge in [-0.2, -0.15) is 0 Å². The molecule has 0 aromatic heterocycles. The van der Waals surface area contributed by atoms with Crippen LogP contribution in [0.15, 0.2) is 143 Å². The van der Waals surface area contributed by atoms with E-state index in [9.17, 15) is 14.4 Å². The van der Waals surface area contributed by atoms with E-state index in [1.165, 1.54) is 113 Å². The SMILES string of the molecule is C=C1/C(=C/C=C2\CCC[C@]3(C)[C@@H]([C@H](C)/C=C/C(=O)N(C)C)CC[C@@H]23)C[C@@H](O[Si](C)(C)C(C)(C)C)C[C@@H]1O[Si](C)(C)C(C)(C)C.C=C1/C(=C\C=C2/CCC[C@]3(C)[C@@H]([C@H](C)/C=C/C(=O)N(C)C)CC[C@@H]23)C[C@@H](O[Si](C)(C)C(C)(C)C)C[C@@H]1O[Si](C)(C)C(C)(C)C.C=C1/C(=C\C=C2/CCC[C@]3(C)[C@@H]([C@H](C)/C=C/C=O)CC[C@@H]23)C[C@@H](O[Si](C)(C)C(C)(C)C)C[C@@H]1O[Si](C)(C)C(C)(C)C. The molecule has 9 fully saturated rings. The molecule has 0 heterocycles. The lowest BCUT2D eigenvalue weighted by molar-refractivity contribution is -0.124. The Morgan fingerprint density at radius 2 is 0.589 bits per heavy atom. The van der Waals surface area contributed by atoms with Gasteiger partial charge >= 0.3 is 0 Å². The lowest BCUT2D eigenvalue weighted by Gasteiger charge is -2.45. The van der Waals surface area contributed by atoms with Gasteiger partial charge < -0.3 is 36.4 Å². The third kappa shape index (κ3) is 27.3. The summed E-state index contributed by atoms with van der Waals surface area (Å²) in [5.41, 5.74) is 13.1. The summed E-state index contributed by atoms with van der Waals surface area (Å²) in [6.45, 7) is 98.7. The third-order valence-electron chi connectivity index (χ3n) is 36.7. The van der Waals surface area contributed by atoms with Gasteiger partial charge in [-0.05, 0) is 346 Å². The highest BCUT2D eigenvalue weighted by atomic mass is 28.4. The first-order valence-corrected chi connectivity index (χ1v) is 68.4. The van der Waals surface area contributed by atoms with Crippen molar-refractivity contribution in [1.82, 2.24) is 9.80 Å². The second-order valence-corrected chi connectivity index (χ2v) is 80.9. The van der Waals surface area contributed by atoms with Gasteiger partial charge in [0, 0.05) is 47.5 Å². The van der Waals surface area contributed by atoms with Gasteiger partial charge in [0.05, 0.1) is 36.6 Å². The predicted molar refractivity (Wildman–Crippen MR) is 569 cm³/mol. The number of likely N-dealkylation sites (N-methyl/N-ethyl adjacent to an activating group) is 2. The summed E-state index contributed by atoms with van der Waals surface area (Å²) in [6, 6.07) is 0. The zero-order valence-corrected chi connectivity index (χ0v) is 96.7. The van der Waals surface area contributed by atoms with E-state index in [0.29, 0.717) is 58.7 Å². The molecule has 732 valence electrons. The van der Waals surface area contributed by atoms with E-state index in [-0.39, 0.29) is 89.5 Å². The molecule has 0 aromatic carbocycles. The van der Waals surface area contributed by atoms with E-state index in [1.807, 2.05) is 28.2 Å². The number of hydrogen-bond donors (Lipinski definition) is 0. The Morgan fingerprint density at radius 1 is 0.364 bits per heavy atom. The predicted octanol–water partition coefficient (Wildman–Crippen LogP) is 31.5. The summed E-state index contributed by atoms with van der Waals surface area (Å²) < 4.78 is 42.4. The maximum Gasteiger partial charge on any atom is 0.245 e. The van der Waals surface area contributed by atoms with Crippen molar-refractivity contribution >= 4 is 68.0 Å². The summed E-state index contributed by atoms with van der Waals surface area (Å²) >= 11 is 0. The Hall–Kier alpha value is -3.45. The molecule has 0 N–H and O–H groups in total. The molecular formula is C112H196N2O9Si6. The molecule has 9 aliphatic rings. The van der Waals surface area contributed by atoms with Gasteiger partial charge in [0.2, 0.25) is 11.8 Å². The molecule has 0 radical (unpaired) electrons. The van der Waals surface area contributed by atoms with Crippen molar-refractivity contribution < 1.29 is 40.9 Å². The van der Waals surface area contributed by atoms with Gasteiger partial charge in [0.25, 0.3) is 0 Å². The molecule has 0 aromatic rings. The molecule has 0 unspecified atom stereocenters. The van der Waals surface area contributed by atoms with Gasteiger partial charge in [-0.25, -0.2) is 0 Å². The third-order valence-corrected chi connectivity index (χ3v) is 63.7. The fourth-order valence-corrected chi connectivity index (χ4v) is 30.1. The molecule has 11 nitrogen and oxygen atoms in total. The minimum atomic E-state index is -1.99. The Morgan fingerprint density at radius 3 is 0.806 bits per heavy atom. The molecule has 0 aliphatic heterocycles. The van der Waals surface area contributed by atoms with Crippen molar-refractivity contribution in [3.63, 3.8) is 0 Å². The van der Waals surface area contributed by atoms with E-state index in [2.05, 4.69) is 319 Å². The van der Waals surface area contributed by atoms with E-state index in [1.54, 1.807) is 44.7 Å². The fraction of sp³-hybridized carbons (Fsp3) is 0.759. The second kappa shape index (κ2) is 42.9. The first-order chi connectivity index (χ1) is 58.7. The number of amides is 2. The van der Waals surface area contributed by atoms with Crippen LogP contribution in [0.25, 0.3) is 0 Å². The van der Waals surface area contributed by atoms with Crippen molar-refractivity contribution in [1.29, 1.82) is 0 Å². The Bertz CT molecular complexity index is 4010. The number of carbonyl (C=O) groups is 3. The quantitative estimate of drug-likeness (QED) is 0.0530. The average molecular weight is 1880 g/mol. The van der Waals surface area contributed by atoms with Crippen LogP contribution in [-0.2, 0) is 40.9 Å². The summed E-state index contributed by atoms with van der Waals surface area (Å²) in [5, 5.41) is 0.943. The number of nitrogens with zero attached hydrogens (tertiary/aromatic N) is 2. The minimum Gasteiger partial charge on any atom is -0.413 e. The maximum absolute atomic E-state index is 12.2. The first-order valence-electron chi connectivity index (χ1n) is 51.0. The summed E-state index contributed by atoms with van der Waals surface area (Å²) in [6.07, 6.45) is 51.8. The van der Waals surface area contributed by atoms with Crippen LogP contribution in [0.4, 0.5) is 0 Å².